The molecule has 0 saturated heterocycles. The Morgan fingerprint density at radius 1 is 0.818 bits per heavy atom. The molecule has 0 spiro atoms. The van der Waals surface area contributed by atoms with Crippen LogP contribution in [0, 0.1) is 6.92 Å². The lowest BCUT2D eigenvalue weighted by molar-refractivity contribution is 0.200. The van der Waals surface area contributed by atoms with Crippen molar-refractivity contribution >= 4 is 6.09 Å². The van der Waals surface area contributed by atoms with Gasteiger partial charge in [-0.2, -0.15) is 0 Å². The molecule has 5 nitrogen and oxygen atoms in total. The zero-order valence-electron chi connectivity index (χ0n) is 18.9. The number of carbonyl (C=O) groups is 1. The fourth-order valence-corrected chi connectivity index (χ4v) is 3.92. The van der Waals surface area contributed by atoms with E-state index in [9.17, 15) is 4.79 Å². The molecule has 0 atom stereocenters. The molecule has 3 aromatic carbocycles. The summed E-state index contributed by atoms with van der Waals surface area (Å²) in [6.45, 7) is 3.54. The van der Waals surface area contributed by atoms with Crippen molar-refractivity contribution < 1.29 is 9.53 Å². The molecule has 0 bridgehead atoms. The smallest absolute Gasteiger partial charge is 0.410 e. The predicted molar refractivity (Wildman–Crippen MR) is 132 cm³/mol. The molecule has 0 aliphatic carbocycles. The number of imidazole rings is 1. The summed E-state index contributed by atoms with van der Waals surface area (Å²) >= 11 is 0. The molecule has 168 valence electrons. The number of benzene rings is 3. The number of unbranched alkanes of at least 4 members (excludes halogenated alkanes) is 2. The topological polar surface area (TPSA) is 56.2 Å². The van der Waals surface area contributed by atoms with E-state index < -0.39 is 6.09 Å². The van der Waals surface area contributed by atoms with Gasteiger partial charge in [0.1, 0.15) is 11.6 Å². The van der Waals surface area contributed by atoms with Gasteiger partial charge in [0, 0.05) is 24.2 Å². The van der Waals surface area contributed by atoms with Crippen LogP contribution in [0.4, 0.5) is 4.79 Å². The minimum atomic E-state index is -0.412. The number of nitrogens with one attached hydrogen (secondary N) is 1. The quantitative estimate of drug-likeness (QED) is 0.304. The molecule has 0 saturated carbocycles. The average molecular weight is 440 g/mol. The van der Waals surface area contributed by atoms with Gasteiger partial charge in [-0.05, 0) is 38.3 Å². The third-order valence-electron chi connectivity index (χ3n) is 5.53. The Balaban J connectivity index is 1.35. The number of amides is 1. The van der Waals surface area contributed by atoms with Gasteiger partial charge in [-0.25, -0.2) is 9.78 Å². The van der Waals surface area contributed by atoms with E-state index in [0.29, 0.717) is 12.3 Å². The Hall–Kier alpha value is -3.86. The zero-order chi connectivity index (χ0) is 22.9. The van der Waals surface area contributed by atoms with Crippen molar-refractivity contribution in [3.63, 3.8) is 0 Å². The first-order chi connectivity index (χ1) is 16.2. The molecule has 4 aromatic rings. The first-order valence-electron chi connectivity index (χ1n) is 11.4. The highest BCUT2D eigenvalue weighted by molar-refractivity contribution is 5.79. The van der Waals surface area contributed by atoms with E-state index >= 15 is 0 Å². The summed E-state index contributed by atoms with van der Waals surface area (Å²) in [5, 5.41) is 2.82. The number of rotatable bonds is 9. The summed E-state index contributed by atoms with van der Waals surface area (Å²) in [6, 6.07) is 29.9. The second kappa shape index (κ2) is 11.1. The molecular weight excluding hydrogens is 410 g/mol. The summed E-state index contributed by atoms with van der Waals surface area (Å²) in [6.07, 6.45) is 2.48. The fraction of sp³-hybridized carbons (Fsp3) is 0.214. The van der Waals surface area contributed by atoms with Gasteiger partial charge in [0.05, 0.1) is 11.4 Å². The van der Waals surface area contributed by atoms with E-state index in [4.69, 9.17) is 9.72 Å². The van der Waals surface area contributed by atoms with Crippen LogP contribution in [-0.4, -0.2) is 22.2 Å². The van der Waals surface area contributed by atoms with Crippen molar-refractivity contribution in [2.45, 2.75) is 32.7 Å². The van der Waals surface area contributed by atoms with Gasteiger partial charge in [-0.15, -0.1) is 0 Å². The molecule has 1 amide bonds. The normalized spacial score (nSPS) is 10.7. The van der Waals surface area contributed by atoms with Crippen LogP contribution in [0.15, 0.2) is 91.0 Å². The number of aryl methyl sites for hydroxylation is 1. The number of aromatic nitrogens is 2. The lowest BCUT2D eigenvalue weighted by atomic mass is 10.0. The number of nitrogens with zero attached hydrogens (tertiary/aromatic N) is 2. The lowest BCUT2D eigenvalue weighted by Crippen LogP contribution is -2.27. The third-order valence-corrected chi connectivity index (χ3v) is 5.53. The van der Waals surface area contributed by atoms with E-state index in [0.717, 1.165) is 48.6 Å². The maximum Gasteiger partial charge on any atom is 0.412 e. The number of ether oxygens (including phenoxy) is 1. The Kier molecular flexibility index (Phi) is 7.54. The standard InChI is InChI=1S/C28H29N3O2/c1-22-30-26(23-14-6-2-7-15-23)27(24-16-8-3-9-17-24)31(22)21-13-5-12-20-29-28(32)33-25-18-10-4-11-19-25/h2-4,6-11,14-19H,5,12-13,20-21H2,1H3,(H,29,32). The SMILES string of the molecule is Cc1nc(-c2ccccc2)c(-c2ccccc2)n1CCCCCNC(=O)Oc1ccccc1. The highest BCUT2D eigenvalue weighted by atomic mass is 16.5. The molecule has 0 aliphatic heterocycles. The van der Waals surface area contributed by atoms with E-state index in [1.54, 1.807) is 12.1 Å². The van der Waals surface area contributed by atoms with Gasteiger partial charge in [-0.3, -0.25) is 0 Å². The second-order valence-corrected chi connectivity index (χ2v) is 7.93. The Labute approximate surface area is 195 Å². The van der Waals surface area contributed by atoms with Crippen molar-refractivity contribution in [2.75, 3.05) is 6.54 Å². The molecule has 1 aromatic heterocycles. The van der Waals surface area contributed by atoms with Gasteiger partial charge in [-0.1, -0.05) is 78.9 Å². The van der Waals surface area contributed by atoms with Gasteiger partial charge in [0.15, 0.2) is 0 Å². The van der Waals surface area contributed by atoms with E-state index in [2.05, 4.69) is 53.2 Å². The molecule has 0 unspecified atom stereocenters. The fourth-order valence-electron chi connectivity index (χ4n) is 3.92. The molecule has 1 N–H and O–H groups in total. The predicted octanol–water partition coefficient (Wildman–Crippen LogP) is 6.48. The molecule has 0 aliphatic rings. The van der Waals surface area contributed by atoms with Crippen LogP contribution in [0.2, 0.25) is 0 Å². The first-order valence-corrected chi connectivity index (χ1v) is 11.4. The van der Waals surface area contributed by atoms with Gasteiger partial charge in [0.2, 0.25) is 0 Å². The highest BCUT2D eigenvalue weighted by Gasteiger charge is 2.17. The second-order valence-electron chi connectivity index (χ2n) is 7.93. The summed E-state index contributed by atoms with van der Waals surface area (Å²) in [4.78, 5) is 16.8. The van der Waals surface area contributed by atoms with Gasteiger partial charge in [0.25, 0.3) is 0 Å². The molecule has 5 heteroatoms. The maximum absolute atomic E-state index is 11.9. The molecule has 4 rings (SSSR count). The lowest BCUT2D eigenvalue weighted by Gasteiger charge is -2.12. The number of para-hydroxylation sites is 1. The summed E-state index contributed by atoms with van der Waals surface area (Å²) < 4.78 is 7.57. The largest absolute Gasteiger partial charge is 0.412 e. The summed E-state index contributed by atoms with van der Waals surface area (Å²) in [7, 11) is 0. The van der Waals surface area contributed by atoms with Crippen LogP contribution < -0.4 is 10.1 Å². The third kappa shape index (κ3) is 5.89. The summed E-state index contributed by atoms with van der Waals surface area (Å²) in [5.41, 5.74) is 4.47. The Morgan fingerprint density at radius 3 is 2.09 bits per heavy atom. The average Bonchev–Trinajstić information content (AvgIpc) is 3.19. The molecule has 0 radical (unpaired) electrons. The Bertz CT molecular complexity index is 1160. The van der Waals surface area contributed by atoms with Crippen molar-refractivity contribution in [1.82, 2.24) is 14.9 Å². The molecular formula is C28H29N3O2. The van der Waals surface area contributed by atoms with Crippen molar-refractivity contribution in [3.8, 4) is 28.3 Å². The first kappa shape index (κ1) is 22.3. The van der Waals surface area contributed by atoms with Crippen molar-refractivity contribution in [3.05, 3.63) is 96.8 Å². The molecule has 33 heavy (non-hydrogen) atoms. The zero-order valence-corrected chi connectivity index (χ0v) is 18.9. The number of hydrogen-bond acceptors (Lipinski definition) is 3. The minimum Gasteiger partial charge on any atom is -0.410 e. The van der Waals surface area contributed by atoms with Crippen LogP contribution in [0.3, 0.4) is 0 Å². The maximum atomic E-state index is 11.9. The highest BCUT2D eigenvalue weighted by Crippen LogP contribution is 2.33. The molecule has 1 heterocycles. The number of hydrogen-bond donors (Lipinski definition) is 1. The summed E-state index contributed by atoms with van der Waals surface area (Å²) in [5.74, 6) is 1.56. The van der Waals surface area contributed by atoms with Gasteiger partial charge < -0.3 is 14.6 Å². The minimum absolute atomic E-state index is 0.412. The monoisotopic (exact) mass is 439 g/mol. The van der Waals surface area contributed by atoms with Crippen LogP contribution >= 0.6 is 0 Å². The Morgan fingerprint density at radius 2 is 1.42 bits per heavy atom. The van der Waals surface area contributed by atoms with E-state index in [-0.39, 0.29) is 0 Å². The van der Waals surface area contributed by atoms with Crippen LogP contribution in [0.1, 0.15) is 25.1 Å². The van der Waals surface area contributed by atoms with Gasteiger partial charge >= 0.3 is 6.09 Å². The van der Waals surface area contributed by atoms with E-state index in [1.165, 1.54) is 5.56 Å². The van der Waals surface area contributed by atoms with Crippen molar-refractivity contribution in [1.29, 1.82) is 0 Å². The van der Waals surface area contributed by atoms with E-state index in [1.807, 2.05) is 42.5 Å². The van der Waals surface area contributed by atoms with Crippen molar-refractivity contribution in [2.24, 2.45) is 0 Å². The van der Waals surface area contributed by atoms with Crippen LogP contribution in [0.5, 0.6) is 5.75 Å². The van der Waals surface area contributed by atoms with Crippen LogP contribution in [-0.2, 0) is 6.54 Å². The molecule has 0 fully saturated rings. The number of carbonyl (C=O) groups excluding carboxylic acids is 1. The van der Waals surface area contributed by atoms with Crippen LogP contribution in [0.25, 0.3) is 22.5 Å².